The van der Waals surface area contributed by atoms with Gasteiger partial charge in [0, 0.05) is 24.7 Å². The van der Waals surface area contributed by atoms with Gasteiger partial charge in [-0.1, -0.05) is 90.5 Å². The van der Waals surface area contributed by atoms with Crippen LogP contribution in [0, 0.1) is 6.92 Å². The fraction of sp³-hybridized carbons (Fsp3) is 0.273. The Hall–Kier alpha value is -3.28. The number of aryl methyl sites for hydroxylation is 2. The second kappa shape index (κ2) is 13.2. The van der Waals surface area contributed by atoms with Crippen LogP contribution in [0.1, 0.15) is 52.1 Å². The van der Waals surface area contributed by atoms with Crippen LogP contribution in [0.5, 0.6) is 0 Å². The molecular weight excluding hydrogens is 517 g/mol. The molecule has 0 saturated heterocycles. The molecule has 4 aromatic rings. The zero-order valence-electron chi connectivity index (χ0n) is 22.1. The Morgan fingerprint density at radius 1 is 0.795 bits per heavy atom. The number of hydrogen-bond donors (Lipinski definition) is 1. The summed E-state index contributed by atoms with van der Waals surface area (Å²) in [5.41, 5.74) is 11.2. The lowest BCUT2D eigenvalue weighted by atomic mass is 9.90. The Bertz CT molecular complexity index is 1300. The van der Waals surface area contributed by atoms with Crippen LogP contribution in [0.4, 0.5) is 18.9 Å². The second-order valence-corrected chi connectivity index (χ2v) is 10.4. The van der Waals surface area contributed by atoms with Crippen LogP contribution in [-0.4, -0.2) is 18.0 Å². The maximum atomic E-state index is 13.6. The van der Waals surface area contributed by atoms with Crippen molar-refractivity contribution in [2.24, 2.45) is 0 Å². The molecule has 0 bridgehead atoms. The summed E-state index contributed by atoms with van der Waals surface area (Å²) in [4.78, 5) is 2.23. The molecule has 204 valence electrons. The van der Waals surface area contributed by atoms with E-state index < -0.39 is 11.7 Å². The normalized spacial score (nSPS) is 11.9. The van der Waals surface area contributed by atoms with Crippen LogP contribution >= 0.6 is 11.6 Å². The summed E-state index contributed by atoms with van der Waals surface area (Å²) in [6.45, 7) is 3.79. The molecule has 0 atom stereocenters. The van der Waals surface area contributed by atoms with Crippen molar-refractivity contribution < 1.29 is 13.2 Å². The molecule has 0 aromatic heterocycles. The van der Waals surface area contributed by atoms with Gasteiger partial charge in [-0.25, -0.2) is 0 Å². The van der Waals surface area contributed by atoms with Gasteiger partial charge in [0.1, 0.15) is 0 Å². The molecular formula is C33H34ClF3N2. The van der Waals surface area contributed by atoms with Crippen molar-refractivity contribution >= 4 is 17.3 Å². The molecule has 6 heteroatoms. The number of halogens is 4. The minimum Gasteiger partial charge on any atom is -0.399 e. The molecule has 4 rings (SSSR count). The third kappa shape index (κ3) is 7.87. The number of unbranched alkanes of at least 4 members (excludes halogenated alkanes) is 1. The zero-order valence-corrected chi connectivity index (χ0v) is 22.8. The fourth-order valence-corrected chi connectivity index (χ4v) is 5.33. The number of nitrogens with zero attached hydrogens (tertiary/aromatic N) is 1. The van der Waals surface area contributed by atoms with E-state index in [1.165, 1.54) is 28.3 Å². The van der Waals surface area contributed by atoms with Gasteiger partial charge >= 0.3 is 6.18 Å². The predicted octanol–water partition coefficient (Wildman–Crippen LogP) is 8.91. The van der Waals surface area contributed by atoms with E-state index in [1.54, 1.807) is 6.07 Å². The van der Waals surface area contributed by atoms with Crippen LogP contribution in [0.2, 0.25) is 5.02 Å². The molecule has 39 heavy (non-hydrogen) atoms. The van der Waals surface area contributed by atoms with Crippen molar-refractivity contribution in [2.75, 3.05) is 18.8 Å². The second-order valence-electron chi connectivity index (χ2n) is 10.0. The first-order valence-electron chi connectivity index (χ1n) is 13.2. The number of alkyl halides is 3. The Kier molecular flexibility index (Phi) is 9.71. The van der Waals surface area contributed by atoms with E-state index in [0.29, 0.717) is 18.7 Å². The first-order chi connectivity index (χ1) is 18.7. The van der Waals surface area contributed by atoms with Crippen LogP contribution < -0.4 is 5.73 Å². The van der Waals surface area contributed by atoms with E-state index in [1.807, 2.05) is 54.6 Å². The van der Waals surface area contributed by atoms with E-state index >= 15 is 0 Å². The summed E-state index contributed by atoms with van der Waals surface area (Å²) in [6.07, 6.45) is -1.76. The molecule has 0 radical (unpaired) electrons. The van der Waals surface area contributed by atoms with Gasteiger partial charge in [-0.15, -0.1) is 0 Å². The average Bonchev–Trinajstić information content (AvgIpc) is 2.92. The van der Waals surface area contributed by atoms with E-state index in [-0.39, 0.29) is 10.9 Å². The van der Waals surface area contributed by atoms with Gasteiger partial charge < -0.3 is 5.73 Å². The van der Waals surface area contributed by atoms with Crippen molar-refractivity contribution in [3.8, 4) is 0 Å². The van der Waals surface area contributed by atoms with Gasteiger partial charge in [0.05, 0.1) is 10.6 Å². The van der Waals surface area contributed by atoms with Gasteiger partial charge in [0.2, 0.25) is 0 Å². The highest BCUT2D eigenvalue weighted by Gasteiger charge is 2.34. The third-order valence-corrected chi connectivity index (χ3v) is 7.61. The van der Waals surface area contributed by atoms with Crippen LogP contribution in [0.3, 0.4) is 0 Å². The minimum atomic E-state index is -4.50. The Morgan fingerprint density at radius 2 is 1.44 bits per heavy atom. The molecule has 2 nitrogen and oxygen atoms in total. The quantitative estimate of drug-likeness (QED) is 0.149. The Balaban J connectivity index is 1.58. The molecule has 0 saturated carbocycles. The Labute approximate surface area is 234 Å². The molecule has 0 aliphatic heterocycles. The van der Waals surface area contributed by atoms with Crippen molar-refractivity contribution in [1.82, 2.24) is 4.90 Å². The number of benzene rings is 4. The number of hydrogen-bond acceptors (Lipinski definition) is 2. The lowest BCUT2D eigenvalue weighted by Gasteiger charge is -2.29. The summed E-state index contributed by atoms with van der Waals surface area (Å²) in [6, 6.07) is 30.6. The number of anilines is 1. The first-order valence-corrected chi connectivity index (χ1v) is 13.6. The highest BCUT2D eigenvalue weighted by molar-refractivity contribution is 6.32. The highest BCUT2D eigenvalue weighted by atomic mass is 35.5. The zero-order chi connectivity index (χ0) is 27.8. The van der Waals surface area contributed by atoms with E-state index in [2.05, 4.69) is 36.1 Å². The molecule has 0 amide bonds. The number of rotatable bonds is 11. The van der Waals surface area contributed by atoms with Gasteiger partial charge in [0.15, 0.2) is 0 Å². The lowest BCUT2D eigenvalue weighted by Crippen LogP contribution is -2.30. The maximum absolute atomic E-state index is 13.6. The van der Waals surface area contributed by atoms with Gasteiger partial charge in [0.25, 0.3) is 0 Å². The fourth-order valence-electron chi connectivity index (χ4n) is 5.04. The minimum absolute atomic E-state index is 0.0631. The van der Waals surface area contributed by atoms with E-state index in [9.17, 15) is 13.2 Å². The van der Waals surface area contributed by atoms with Crippen LogP contribution in [0.25, 0.3) is 0 Å². The van der Waals surface area contributed by atoms with Crippen molar-refractivity contribution in [1.29, 1.82) is 0 Å². The van der Waals surface area contributed by atoms with Crippen molar-refractivity contribution in [3.05, 3.63) is 135 Å². The molecule has 2 N–H and O–H groups in total. The topological polar surface area (TPSA) is 29.3 Å². The smallest absolute Gasteiger partial charge is 0.399 e. The molecule has 0 fully saturated rings. The molecule has 4 aromatic carbocycles. The highest BCUT2D eigenvalue weighted by Crippen LogP contribution is 2.37. The van der Waals surface area contributed by atoms with Gasteiger partial charge in [-0.05, 0) is 78.7 Å². The summed E-state index contributed by atoms with van der Waals surface area (Å²) in [5, 5.41) is -0.221. The summed E-state index contributed by atoms with van der Waals surface area (Å²) >= 11 is 6.32. The summed E-state index contributed by atoms with van der Waals surface area (Å²) < 4.78 is 40.7. The van der Waals surface area contributed by atoms with E-state index in [4.69, 9.17) is 17.3 Å². The summed E-state index contributed by atoms with van der Waals surface area (Å²) in [7, 11) is 0. The largest absolute Gasteiger partial charge is 0.417 e. The lowest BCUT2D eigenvalue weighted by molar-refractivity contribution is -0.137. The van der Waals surface area contributed by atoms with Crippen molar-refractivity contribution in [2.45, 2.75) is 44.8 Å². The molecule has 0 spiro atoms. The first kappa shape index (κ1) is 28.7. The third-order valence-electron chi connectivity index (χ3n) is 7.17. The van der Waals surface area contributed by atoms with Crippen LogP contribution in [0.15, 0.2) is 97.1 Å². The van der Waals surface area contributed by atoms with E-state index in [0.717, 1.165) is 37.6 Å². The summed E-state index contributed by atoms with van der Waals surface area (Å²) in [5.74, 6) is 0.0631. The maximum Gasteiger partial charge on any atom is 0.417 e. The number of nitrogen functional groups attached to an aromatic ring is 1. The van der Waals surface area contributed by atoms with Gasteiger partial charge in [-0.2, -0.15) is 13.2 Å². The van der Waals surface area contributed by atoms with Gasteiger partial charge in [-0.3, -0.25) is 4.90 Å². The Morgan fingerprint density at radius 3 is 2.05 bits per heavy atom. The van der Waals surface area contributed by atoms with Crippen LogP contribution in [-0.2, 0) is 19.1 Å². The average molecular weight is 551 g/mol. The molecule has 0 aliphatic rings. The predicted molar refractivity (Wildman–Crippen MR) is 155 cm³/mol. The standard InChI is InChI=1S/C33H34ClF3N2/c1-24-18-19-29(38)21-27(24)15-8-9-20-39(22-28-16-10-17-31(32(28)34)33(35,36)37)23-30(25-11-4-2-5-12-25)26-13-6-3-7-14-26/h2-7,10-14,16-19,21,30H,8-9,15,20,22-23,38H2,1H3. The molecule has 0 heterocycles. The molecule has 0 aliphatic carbocycles. The van der Waals surface area contributed by atoms with Crippen molar-refractivity contribution in [3.63, 3.8) is 0 Å². The number of nitrogens with two attached hydrogens (primary N) is 1. The SMILES string of the molecule is Cc1ccc(N)cc1CCCCN(Cc1cccc(C(F)(F)F)c1Cl)CC(c1ccccc1)c1ccccc1. The molecule has 0 unspecified atom stereocenters. The monoisotopic (exact) mass is 550 g/mol.